The van der Waals surface area contributed by atoms with Gasteiger partial charge in [0.15, 0.2) is 0 Å². The summed E-state index contributed by atoms with van der Waals surface area (Å²) < 4.78 is 180. The minimum Gasteiger partial charge on any atom is 2.00 e. The molecule has 0 aliphatic heterocycles. The normalized spacial score (nSPS) is 15.5. The number of rotatable bonds is 10. The monoisotopic (exact) mass is 1250 g/mol. The van der Waals surface area contributed by atoms with Crippen LogP contribution in [0.3, 0.4) is 0 Å². The number of nitrogens with zero attached hydrogens (tertiary/aromatic N) is 2. The van der Waals surface area contributed by atoms with Crippen LogP contribution in [0.2, 0.25) is 0 Å². The molecule has 4 aromatic heterocycles. The maximum atomic E-state index is 14.0. The van der Waals surface area contributed by atoms with Crippen molar-refractivity contribution in [1.82, 2.24) is 9.97 Å². The minimum absolute atomic E-state index is 0. The van der Waals surface area contributed by atoms with Gasteiger partial charge in [-0.1, -0.05) is 0 Å². The van der Waals surface area contributed by atoms with Crippen molar-refractivity contribution in [2.75, 3.05) is 0 Å². The fourth-order valence-electron chi connectivity index (χ4n) is 6.93. The fourth-order valence-corrected chi connectivity index (χ4v) is 11.4. The predicted molar refractivity (Wildman–Crippen MR) is 261 cm³/mol. The van der Waals surface area contributed by atoms with Crippen LogP contribution in [-0.4, -0.2) is 51.3 Å². The summed E-state index contributed by atoms with van der Waals surface area (Å²) in [7, 11) is 0. The Kier molecular flexibility index (Phi) is 10.9. The Bertz CT molecular complexity index is 3400. The van der Waals surface area contributed by atoms with Gasteiger partial charge < -0.3 is 0 Å². The van der Waals surface area contributed by atoms with Crippen LogP contribution in [0.25, 0.3) is 61.8 Å². The molecule has 356 valence electrons. The molecule has 0 saturated heterocycles. The van der Waals surface area contributed by atoms with E-state index in [0.29, 0.717) is 39.6 Å². The van der Waals surface area contributed by atoms with Crippen molar-refractivity contribution in [1.29, 1.82) is 0 Å². The van der Waals surface area contributed by atoms with E-state index in [4.69, 9.17) is 15.7 Å². The number of halogens is 6. The van der Waals surface area contributed by atoms with E-state index in [1.54, 1.807) is 12.1 Å². The molecule has 8 rings (SSSR count). The number of ether oxygens (including phenoxy) is 1. The summed E-state index contributed by atoms with van der Waals surface area (Å²) in [5.74, 6) is 0.422. The molecule has 12 heteroatoms. The average Bonchev–Trinajstić information content (AvgIpc) is 3.95. The number of hydrogen-bond donors (Lipinski definition) is 0. The Morgan fingerprint density at radius 1 is 0.559 bits per heavy atom. The number of fused-ring (bicyclic) bond motifs is 2. The van der Waals surface area contributed by atoms with Gasteiger partial charge in [-0.25, -0.2) is 0 Å². The van der Waals surface area contributed by atoms with Gasteiger partial charge in [-0.15, -0.1) is 0 Å². The number of hydrogen-bond acceptors (Lipinski definition) is 3. The largest absolute Gasteiger partial charge is 2.00 e. The SMILES string of the molecule is [2H]c1nc(-c2[c-]c(Oc3[c-]c(-c4nc([2H])c([2H])c5c([2H])c(-c6ccc(C([2H])([2H])C(C)(C)C(F)(F)F)cc6)[se]c45)cc(C(C)(C)C)c3)cc(C(C)(C)C)c2)c2[se]c(-c3ccc(C([2H])([2H])C(C)(C)C(F)(F)F)cc3)c([2H])c2c1[2H].[Pt+2]. The van der Waals surface area contributed by atoms with Crippen LogP contribution >= 0.6 is 0 Å². The molecule has 0 bridgehead atoms. The number of alkyl halides is 6. The maximum absolute atomic E-state index is 14.0. The first-order valence-electron chi connectivity index (χ1n) is 26.2. The molecule has 3 nitrogen and oxygen atoms in total. The van der Waals surface area contributed by atoms with Gasteiger partial charge >= 0.3 is 438 Å². The van der Waals surface area contributed by atoms with Crippen molar-refractivity contribution in [2.45, 2.75) is 105 Å². The van der Waals surface area contributed by atoms with Gasteiger partial charge in [0, 0.05) is 0 Å². The molecule has 4 aromatic carbocycles. The Morgan fingerprint density at radius 2 is 0.912 bits per heavy atom. The molecule has 4 heterocycles. The molecular weight excluding hydrogens is 1180 g/mol. The third-order valence-corrected chi connectivity index (χ3v) is 16.0. The van der Waals surface area contributed by atoms with E-state index in [9.17, 15) is 29.1 Å². The molecule has 0 spiro atoms. The van der Waals surface area contributed by atoms with Crippen LogP contribution < -0.4 is 4.74 Å². The standard InChI is InChI=1S/C56H52F6N2OSe2.Pt/c1-51(2,3)41-23-39(47-49-37(19-21-63-47)27-45(66-49)35-15-11-33(12-16-35)31-53(7,8)55(57,58)59)25-43(29-41)65-44-26-40(24-42(30-44)52(4,5)6)48-50-38(20-22-64-48)28-46(67-50)36-17-13-34(14-18-36)32-54(9,10)56(60,61)62;/h11-24,27-30H,31-32H2,1-10H3;/q-2;+2/i19D,20D,21D,22D,27D,28D,31D2,32D2;. The van der Waals surface area contributed by atoms with Crippen molar-refractivity contribution < 1.29 is 65.9 Å². The maximum Gasteiger partial charge on any atom is 2.00 e. The molecule has 0 fully saturated rings. The molecule has 68 heavy (non-hydrogen) atoms. The van der Waals surface area contributed by atoms with Crippen LogP contribution in [0.1, 0.15) is 105 Å². The predicted octanol–water partition coefficient (Wildman–Crippen LogP) is 15.8. The van der Waals surface area contributed by atoms with E-state index >= 15 is 0 Å². The van der Waals surface area contributed by atoms with Gasteiger partial charge in [0.25, 0.3) is 0 Å². The summed E-state index contributed by atoms with van der Waals surface area (Å²) >= 11 is -1.47. The number of benzene rings is 4. The first-order valence-corrected chi connectivity index (χ1v) is 24.6. The van der Waals surface area contributed by atoms with E-state index in [1.165, 1.54) is 48.5 Å². The van der Waals surface area contributed by atoms with E-state index in [1.807, 2.05) is 53.7 Å². The third kappa shape index (κ3) is 11.0. The van der Waals surface area contributed by atoms with Gasteiger partial charge in [0.1, 0.15) is 0 Å². The van der Waals surface area contributed by atoms with E-state index in [2.05, 4.69) is 22.1 Å². The summed E-state index contributed by atoms with van der Waals surface area (Å²) in [5, 5.41) is 0.348. The van der Waals surface area contributed by atoms with Crippen molar-refractivity contribution >= 4 is 48.3 Å². The average molecular weight is 1250 g/mol. The summed E-state index contributed by atoms with van der Waals surface area (Å²) in [6.45, 7) is 15.1. The zero-order valence-electron chi connectivity index (χ0n) is 48.6. The molecular formula is C56H52F6N2OPtSe2. The molecule has 0 aliphatic rings. The molecule has 0 amide bonds. The van der Waals surface area contributed by atoms with Crippen LogP contribution in [0.5, 0.6) is 11.5 Å². The summed E-state index contributed by atoms with van der Waals surface area (Å²) in [4.78, 5) is 9.16. The van der Waals surface area contributed by atoms with Gasteiger partial charge in [0.2, 0.25) is 0 Å². The molecule has 0 unspecified atom stereocenters. The summed E-state index contributed by atoms with van der Waals surface area (Å²) in [6, 6.07) is 24.3. The zero-order valence-corrected chi connectivity index (χ0v) is 44.3. The van der Waals surface area contributed by atoms with Crippen LogP contribution in [0, 0.1) is 23.0 Å². The van der Waals surface area contributed by atoms with E-state index in [0.717, 1.165) is 38.8 Å². The number of pyridine rings is 2. The van der Waals surface area contributed by atoms with Crippen molar-refractivity contribution in [3.05, 3.63) is 144 Å². The number of aromatic nitrogens is 2. The van der Waals surface area contributed by atoms with Gasteiger partial charge in [-0.3, -0.25) is 0 Å². The van der Waals surface area contributed by atoms with E-state index in [-0.39, 0.29) is 90.0 Å². The molecule has 0 saturated carbocycles. The minimum atomic E-state index is -4.84. The Labute approximate surface area is 435 Å². The first kappa shape index (κ1) is 39.5. The van der Waals surface area contributed by atoms with Gasteiger partial charge in [-0.05, 0) is 0 Å². The summed E-state index contributed by atoms with van der Waals surface area (Å²) in [5.41, 5.74) is -3.09. The van der Waals surface area contributed by atoms with Crippen molar-refractivity contribution in [2.24, 2.45) is 10.8 Å². The second kappa shape index (κ2) is 18.8. The second-order valence-corrected chi connectivity index (χ2v) is 23.7. The first-order chi connectivity index (χ1) is 35.2. The Morgan fingerprint density at radius 3 is 1.24 bits per heavy atom. The molecule has 0 aliphatic carbocycles. The van der Waals surface area contributed by atoms with Crippen LogP contribution in [0.4, 0.5) is 26.3 Å². The van der Waals surface area contributed by atoms with E-state index < -0.39 is 88.1 Å². The van der Waals surface area contributed by atoms with Gasteiger partial charge in [0.05, 0.1) is 0 Å². The Hall–Kier alpha value is -4.23. The molecule has 0 radical (unpaired) electrons. The fraction of sp³-hybridized carbons (Fsp3) is 0.321. The second-order valence-electron chi connectivity index (χ2n) is 19.5. The molecule has 8 aromatic rings. The van der Waals surface area contributed by atoms with Crippen LogP contribution in [0.15, 0.2) is 109 Å². The summed E-state index contributed by atoms with van der Waals surface area (Å²) in [6.07, 6.45) is -16.1. The zero-order chi connectivity index (χ0) is 57.3. The quantitative estimate of drug-likeness (QED) is 0.0778. The third-order valence-electron chi connectivity index (χ3n) is 11.2. The van der Waals surface area contributed by atoms with Crippen LogP contribution in [-0.2, 0) is 44.6 Å². The van der Waals surface area contributed by atoms with Crippen molar-refractivity contribution in [3.63, 3.8) is 0 Å². The smallest absolute Gasteiger partial charge is 2.00 e. The molecule has 0 N–H and O–H groups in total. The topological polar surface area (TPSA) is 35.0 Å². The van der Waals surface area contributed by atoms with Crippen molar-refractivity contribution in [3.8, 4) is 54.0 Å². The van der Waals surface area contributed by atoms with Gasteiger partial charge in [-0.2, -0.15) is 0 Å². The molecule has 0 atom stereocenters. The Balaban J connectivity index is 0.00000882.